The summed E-state index contributed by atoms with van der Waals surface area (Å²) in [6, 6.07) is 26.1. The molecule has 0 N–H and O–H groups in total. The van der Waals surface area contributed by atoms with Gasteiger partial charge < -0.3 is 9.64 Å². The lowest BCUT2D eigenvalue weighted by Crippen LogP contribution is -2.31. The number of thioether (sulfide) groups is 1. The largest absolute Gasteiger partial charge is 0.483 e. The summed E-state index contributed by atoms with van der Waals surface area (Å²) >= 11 is 1.71. The summed E-state index contributed by atoms with van der Waals surface area (Å²) in [5.74, 6) is 0.668. The summed E-state index contributed by atoms with van der Waals surface area (Å²) in [5.41, 5.74) is 3.16. The molecule has 0 heterocycles. The SMILES string of the molecule is CSc1ccc(CN(C)C(=O)COc2ccccc2-c2ccccc2)cc1. The molecule has 3 nitrogen and oxygen atoms in total. The van der Waals surface area contributed by atoms with Gasteiger partial charge in [-0.05, 0) is 35.6 Å². The third-order valence-electron chi connectivity index (χ3n) is 4.33. The number of para-hydroxylation sites is 1. The van der Waals surface area contributed by atoms with Crippen molar-refractivity contribution in [2.24, 2.45) is 0 Å². The van der Waals surface area contributed by atoms with Crippen molar-refractivity contribution < 1.29 is 9.53 Å². The molecule has 0 fully saturated rings. The van der Waals surface area contributed by atoms with E-state index in [1.165, 1.54) is 4.90 Å². The molecule has 0 saturated carbocycles. The number of carbonyl (C=O) groups excluding carboxylic acids is 1. The van der Waals surface area contributed by atoms with E-state index in [0.29, 0.717) is 6.54 Å². The highest BCUT2D eigenvalue weighted by molar-refractivity contribution is 7.98. The molecule has 0 aromatic heterocycles. The maximum absolute atomic E-state index is 12.5. The van der Waals surface area contributed by atoms with Crippen molar-refractivity contribution in [2.75, 3.05) is 19.9 Å². The van der Waals surface area contributed by atoms with Crippen molar-refractivity contribution >= 4 is 17.7 Å². The predicted molar refractivity (Wildman–Crippen MR) is 112 cm³/mol. The zero-order valence-electron chi connectivity index (χ0n) is 15.6. The van der Waals surface area contributed by atoms with Crippen LogP contribution < -0.4 is 4.74 Å². The first kappa shape index (κ1) is 19.1. The Labute approximate surface area is 165 Å². The van der Waals surface area contributed by atoms with Crippen LogP contribution in [-0.4, -0.2) is 30.7 Å². The Morgan fingerprint density at radius 1 is 0.926 bits per heavy atom. The van der Waals surface area contributed by atoms with E-state index in [-0.39, 0.29) is 12.5 Å². The van der Waals surface area contributed by atoms with Gasteiger partial charge in [-0.3, -0.25) is 4.79 Å². The van der Waals surface area contributed by atoms with Gasteiger partial charge in [-0.2, -0.15) is 0 Å². The average Bonchev–Trinajstić information content (AvgIpc) is 2.73. The van der Waals surface area contributed by atoms with Crippen molar-refractivity contribution in [3.8, 4) is 16.9 Å². The van der Waals surface area contributed by atoms with Gasteiger partial charge in [0.15, 0.2) is 6.61 Å². The van der Waals surface area contributed by atoms with E-state index in [1.54, 1.807) is 23.7 Å². The summed E-state index contributed by atoms with van der Waals surface area (Å²) in [6.45, 7) is 0.584. The van der Waals surface area contributed by atoms with Crippen LogP contribution >= 0.6 is 11.8 Å². The van der Waals surface area contributed by atoms with E-state index < -0.39 is 0 Å². The summed E-state index contributed by atoms with van der Waals surface area (Å²) in [7, 11) is 1.80. The Bertz CT molecular complexity index is 878. The number of ether oxygens (including phenoxy) is 1. The molecule has 27 heavy (non-hydrogen) atoms. The van der Waals surface area contributed by atoms with Crippen LogP contribution in [-0.2, 0) is 11.3 Å². The fraction of sp³-hybridized carbons (Fsp3) is 0.174. The highest BCUT2D eigenvalue weighted by atomic mass is 32.2. The predicted octanol–water partition coefficient (Wildman–Crippen LogP) is 5.11. The standard InChI is InChI=1S/C23H23NO2S/c1-24(16-18-12-14-20(27-2)15-13-18)23(25)17-26-22-11-7-6-10-21(22)19-8-4-3-5-9-19/h3-15H,16-17H2,1-2H3. The molecule has 0 saturated heterocycles. The maximum atomic E-state index is 12.5. The first-order valence-corrected chi connectivity index (χ1v) is 10.0. The molecule has 0 atom stereocenters. The first-order valence-electron chi connectivity index (χ1n) is 8.81. The van der Waals surface area contributed by atoms with Crippen LogP contribution in [0.3, 0.4) is 0 Å². The summed E-state index contributed by atoms with van der Waals surface area (Å²) in [5, 5.41) is 0. The molecule has 0 bridgehead atoms. The van der Waals surface area contributed by atoms with E-state index in [9.17, 15) is 4.79 Å². The lowest BCUT2D eigenvalue weighted by Gasteiger charge is -2.18. The Balaban J connectivity index is 1.62. The van der Waals surface area contributed by atoms with Crippen LogP contribution in [0.4, 0.5) is 0 Å². The monoisotopic (exact) mass is 377 g/mol. The highest BCUT2D eigenvalue weighted by Crippen LogP contribution is 2.29. The number of hydrogen-bond donors (Lipinski definition) is 0. The molecule has 0 aliphatic heterocycles. The molecule has 3 aromatic carbocycles. The molecule has 4 heteroatoms. The van der Waals surface area contributed by atoms with Crippen LogP contribution in [0.15, 0.2) is 83.8 Å². The topological polar surface area (TPSA) is 29.5 Å². The van der Waals surface area contributed by atoms with Crippen molar-refractivity contribution in [3.63, 3.8) is 0 Å². The van der Waals surface area contributed by atoms with Gasteiger partial charge in [-0.25, -0.2) is 0 Å². The number of amides is 1. The molecule has 3 rings (SSSR count). The highest BCUT2D eigenvalue weighted by Gasteiger charge is 2.12. The van der Waals surface area contributed by atoms with E-state index in [4.69, 9.17) is 4.74 Å². The van der Waals surface area contributed by atoms with E-state index >= 15 is 0 Å². The number of hydrogen-bond acceptors (Lipinski definition) is 3. The van der Waals surface area contributed by atoms with Gasteiger partial charge in [0.25, 0.3) is 5.91 Å². The van der Waals surface area contributed by atoms with Gasteiger partial charge in [0, 0.05) is 24.1 Å². The molecule has 0 spiro atoms. The Kier molecular flexibility index (Phi) is 6.55. The van der Waals surface area contributed by atoms with E-state index in [0.717, 1.165) is 22.4 Å². The van der Waals surface area contributed by atoms with Gasteiger partial charge in [0.1, 0.15) is 5.75 Å². The van der Waals surface area contributed by atoms with Gasteiger partial charge in [0.05, 0.1) is 0 Å². The number of rotatable bonds is 7. The maximum Gasteiger partial charge on any atom is 0.260 e. The van der Waals surface area contributed by atoms with Gasteiger partial charge >= 0.3 is 0 Å². The molecule has 138 valence electrons. The fourth-order valence-corrected chi connectivity index (χ4v) is 3.20. The smallest absolute Gasteiger partial charge is 0.260 e. The molecule has 0 aliphatic rings. The second-order valence-electron chi connectivity index (χ2n) is 6.25. The van der Waals surface area contributed by atoms with Gasteiger partial charge in [0.2, 0.25) is 0 Å². The zero-order chi connectivity index (χ0) is 19.1. The van der Waals surface area contributed by atoms with Crippen LogP contribution in [0.25, 0.3) is 11.1 Å². The normalized spacial score (nSPS) is 10.4. The van der Waals surface area contributed by atoms with E-state index in [2.05, 4.69) is 30.5 Å². The lowest BCUT2D eigenvalue weighted by molar-refractivity contribution is -0.132. The summed E-state index contributed by atoms with van der Waals surface area (Å²) < 4.78 is 5.85. The third-order valence-corrected chi connectivity index (χ3v) is 5.07. The molecule has 0 aliphatic carbocycles. The second-order valence-corrected chi connectivity index (χ2v) is 7.13. The Morgan fingerprint density at radius 3 is 2.30 bits per heavy atom. The quantitative estimate of drug-likeness (QED) is 0.536. The van der Waals surface area contributed by atoms with Crippen LogP contribution in [0, 0.1) is 0 Å². The number of carbonyl (C=O) groups is 1. The van der Waals surface area contributed by atoms with Gasteiger partial charge in [-0.1, -0.05) is 60.7 Å². The fourth-order valence-electron chi connectivity index (χ4n) is 2.79. The summed E-state index contributed by atoms with van der Waals surface area (Å²) in [4.78, 5) is 15.4. The van der Waals surface area contributed by atoms with Gasteiger partial charge in [-0.15, -0.1) is 11.8 Å². The molecular formula is C23H23NO2S. The van der Waals surface area contributed by atoms with Crippen molar-refractivity contribution in [3.05, 3.63) is 84.4 Å². The molecule has 0 radical (unpaired) electrons. The minimum atomic E-state index is -0.0493. The number of likely N-dealkylation sites (N-methyl/N-ethyl adjacent to an activating group) is 1. The molecular weight excluding hydrogens is 354 g/mol. The Morgan fingerprint density at radius 2 is 1.59 bits per heavy atom. The second kappa shape index (κ2) is 9.28. The summed E-state index contributed by atoms with van der Waals surface area (Å²) in [6.07, 6.45) is 2.05. The van der Waals surface area contributed by atoms with Crippen molar-refractivity contribution in [1.82, 2.24) is 4.90 Å². The van der Waals surface area contributed by atoms with Crippen molar-refractivity contribution in [2.45, 2.75) is 11.4 Å². The number of nitrogens with zero attached hydrogens (tertiary/aromatic N) is 1. The zero-order valence-corrected chi connectivity index (χ0v) is 16.4. The van der Waals surface area contributed by atoms with E-state index in [1.807, 2.05) is 54.6 Å². The minimum absolute atomic E-state index is 0.0171. The minimum Gasteiger partial charge on any atom is -0.483 e. The van der Waals surface area contributed by atoms with Crippen molar-refractivity contribution in [1.29, 1.82) is 0 Å². The molecule has 1 amide bonds. The lowest BCUT2D eigenvalue weighted by atomic mass is 10.1. The molecule has 0 unspecified atom stereocenters. The molecule has 3 aromatic rings. The number of benzene rings is 3. The third kappa shape index (κ3) is 5.14. The van der Waals surface area contributed by atoms with Crippen LogP contribution in [0.5, 0.6) is 5.75 Å². The van der Waals surface area contributed by atoms with Crippen LogP contribution in [0.1, 0.15) is 5.56 Å². The Hall–Kier alpha value is -2.72. The first-order chi connectivity index (χ1) is 13.2. The average molecular weight is 378 g/mol. The van der Waals surface area contributed by atoms with Crippen LogP contribution in [0.2, 0.25) is 0 Å².